The highest BCUT2D eigenvalue weighted by Gasteiger charge is 2.23. The number of benzene rings is 1. The number of carbonyl (C=O) groups excluding carboxylic acids is 2. The summed E-state index contributed by atoms with van der Waals surface area (Å²) in [6.45, 7) is 2.71. The summed E-state index contributed by atoms with van der Waals surface area (Å²) in [5.41, 5.74) is 0.432. The summed E-state index contributed by atoms with van der Waals surface area (Å²) in [6.07, 6.45) is 1.60. The van der Waals surface area contributed by atoms with Gasteiger partial charge in [-0.15, -0.1) is 0 Å². The molecule has 0 aromatic heterocycles. The summed E-state index contributed by atoms with van der Waals surface area (Å²) in [4.78, 5) is 24.8. The topological polar surface area (TPSA) is 49.4 Å². The van der Waals surface area contributed by atoms with Gasteiger partial charge in [-0.25, -0.2) is 4.39 Å². The molecule has 1 aromatic rings. The predicted octanol–water partition coefficient (Wildman–Crippen LogP) is 1.50. The van der Waals surface area contributed by atoms with Gasteiger partial charge < -0.3 is 10.2 Å². The van der Waals surface area contributed by atoms with Crippen molar-refractivity contribution in [3.63, 3.8) is 0 Å². The molecule has 20 heavy (non-hydrogen) atoms. The number of likely N-dealkylation sites (tertiary alicyclic amines) is 1. The third-order valence-electron chi connectivity index (χ3n) is 3.55. The molecule has 1 aromatic carbocycles. The Morgan fingerprint density at radius 1 is 1.30 bits per heavy atom. The van der Waals surface area contributed by atoms with Crippen LogP contribution in [0, 0.1) is 5.82 Å². The largest absolute Gasteiger partial charge is 0.353 e. The average Bonchev–Trinajstić information content (AvgIpc) is 2.41. The van der Waals surface area contributed by atoms with Crippen LogP contribution in [0.5, 0.6) is 0 Å². The molecule has 108 valence electrons. The highest BCUT2D eigenvalue weighted by atomic mass is 19.1. The van der Waals surface area contributed by atoms with E-state index < -0.39 is 0 Å². The van der Waals surface area contributed by atoms with Crippen LogP contribution in [0.1, 0.15) is 25.3 Å². The minimum Gasteiger partial charge on any atom is -0.353 e. The molecule has 0 radical (unpaired) electrons. The zero-order valence-electron chi connectivity index (χ0n) is 11.6. The van der Waals surface area contributed by atoms with Crippen LogP contribution in [0.4, 0.5) is 4.39 Å². The van der Waals surface area contributed by atoms with E-state index in [1.807, 2.05) is 0 Å². The minimum atomic E-state index is -0.339. The Morgan fingerprint density at radius 2 is 1.95 bits per heavy atom. The summed E-state index contributed by atoms with van der Waals surface area (Å²) >= 11 is 0. The molecule has 1 N–H and O–H groups in total. The van der Waals surface area contributed by atoms with Crippen molar-refractivity contribution >= 4 is 11.8 Å². The predicted molar refractivity (Wildman–Crippen MR) is 73.5 cm³/mol. The zero-order valence-corrected chi connectivity index (χ0v) is 11.6. The van der Waals surface area contributed by atoms with Crippen LogP contribution in [0.2, 0.25) is 0 Å². The number of piperidine rings is 1. The Balaban J connectivity index is 1.86. The Hall–Kier alpha value is -1.91. The smallest absolute Gasteiger partial charge is 0.227 e. The fourth-order valence-corrected chi connectivity index (χ4v) is 2.48. The molecular formula is C15H19FN2O2. The first-order valence-corrected chi connectivity index (χ1v) is 6.84. The molecule has 2 rings (SSSR count). The fraction of sp³-hybridized carbons (Fsp3) is 0.467. The van der Waals surface area contributed by atoms with Crippen LogP contribution in [-0.2, 0) is 16.0 Å². The number of nitrogens with zero attached hydrogens (tertiary/aromatic N) is 1. The van der Waals surface area contributed by atoms with Crippen LogP contribution >= 0.6 is 0 Å². The van der Waals surface area contributed by atoms with Crippen LogP contribution in [0.25, 0.3) is 0 Å². The van der Waals surface area contributed by atoms with E-state index in [-0.39, 0.29) is 30.1 Å². The first-order chi connectivity index (χ1) is 9.56. The van der Waals surface area contributed by atoms with E-state index in [9.17, 15) is 14.0 Å². The van der Waals surface area contributed by atoms with Gasteiger partial charge in [0.2, 0.25) is 11.8 Å². The Morgan fingerprint density at radius 3 is 2.55 bits per heavy atom. The molecule has 0 atom stereocenters. The van der Waals surface area contributed by atoms with E-state index >= 15 is 0 Å². The van der Waals surface area contributed by atoms with Crippen LogP contribution in [-0.4, -0.2) is 35.8 Å². The summed E-state index contributed by atoms with van der Waals surface area (Å²) < 4.78 is 13.5. The lowest BCUT2D eigenvalue weighted by atomic mass is 10.0. The van der Waals surface area contributed by atoms with Gasteiger partial charge in [-0.2, -0.15) is 0 Å². The molecule has 0 unspecified atom stereocenters. The highest BCUT2D eigenvalue weighted by molar-refractivity contribution is 5.79. The standard InChI is InChI=1S/C15H19FN2O2/c1-11(19)17-13-6-8-18(9-7-13)15(20)10-12-4-2-3-5-14(12)16/h2-5,13H,6-10H2,1H3,(H,17,19). The Labute approximate surface area is 118 Å². The summed E-state index contributed by atoms with van der Waals surface area (Å²) in [7, 11) is 0. The minimum absolute atomic E-state index is 0.0406. The van der Waals surface area contributed by atoms with Crippen molar-refractivity contribution in [1.29, 1.82) is 0 Å². The maximum atomic E-state index is 13.5. The second-order valence-corrected chi connectivity index (χ2v) is 5.12. The Kier molecular flexibility index (Phi) is 4.71. The molecule has 0 saturated carbocycles. The molecule has 2 amide bonds. The zero-order chi connectivity index (χ0) is 14.5. The van der Waals surface area contributed by atoms with Gasteiger partial charge >= 0.3 is 0 Å². The number of hydrogen-bond donors (Lipinski definition) is 1. The van der Waals surface area contributed by atoms with Gasteiger partial charge in [0.05, 0.1) is 6.42 Å². The molecule has 1 saturated heterocycles. The van der Waals surface area contributed by atoms with Crippen molar-refractivity contribution < 1.29 is 14.0 Å². The molecule has 0 spiro atoms. The van der Waals surface area contributed by atoms with E-state index in [2.05, 4.69) is 5.32 Å². The van der Waals surface area contributed by atoms with Crippen molar-refractivity contribution in [2.24, 2.45) is 0 Å². The number of amides is 2. The number of hydrogen-bond acceptors (Lipinski definition) is 2. The quantitative estimate of drug-likeness (QED) is 0.911. The summed E-state index contributed by atoms with van der Waals surface area (Å²) in [5, 5.41) is 2.86. The summed E-state index contributed by atoms with van der Waals surface area (Å²) in [5.74, 6) is -0.438. The monoisotopic (exact) mass is 278 g/mol. The normalized spacial score (nSPS) is 16.0. The van der Waals surface area contributed by atoms with Crippen molar-refractivity contribution in [2.45, 2.75) is 32.2 Å². The molecule has 4 nitrogen and oxygen atoms in total. The number of halogens is 1. The SMILES string of the molecule is CC(=O)NC1CCN(C(=O)Cc2ccccc2F)CC1. The van der Waals surface area contributed by atoms with E-state index in [1.165, 1.54) is 13.0 Å². The van der Waals surface area contributed by atoms with E-state index in [0.29, 0.717) is 18.7 Å². The first-order valence-electron chi connectivity index (χ1n) is 6.84. The lowest BCUT2D eigenvalue weighted by molar-refractivity contribution is -0.131. The molecule has 1 aliphatic heterocycles. The molecule has 1 aliphatic rings. The maximum absolute atomic E-state index is 13.5. The fourth-order valence-electron chi connectivity index (χ4n) is 2.48. The van der Waals surface area contributed by atoms with Crippen molar-refractivity contribution in [1.82, 2.24) is 10.2 Å². The van der Waals surface area contributed by atoms with Gasteiger partial charge in [0.1, 0.15) is 5.82 Å². The molecular weight excluding hydrogens is 259 g/mol. The number of rotatable bonds is 3. The third kappa shape index (κ3) is 3.79. The highest BCUT2D eigenvalue weighted by Crippen LogP contribution is 2.14. The van der Waals surface area contributed by atoms with Crippen molar-refractivity contribution in [3.8, 4) is 0 Å². The van der Waals surface area contributed by atoms with Crippen LogP contribution < -0.4 is 5.32 Å². The molecule has 1 heterocycles. The van der Waals surface area contributed by atoms with Gasteiger partial charge in [-0.05, 0) is 24.5 Å². The molecule has 0 bridgehead atoms. The van der Waals surface area contributed by atoms with E-state index in [0.717, 1.165) is 12.8 Å². The molecule has 1 fully saturated rings. The number of nitrogens with one attached hydrogen (secondary N) is 1. The van der Waals surface area contributed by atoms with Gasteiger partial charge in [-0.3, -0.25) is 9.59 Å². The van der Waals surface area contributed by atoms with E-state index in [1.54, 1.807) is 23.1 Å². The number of carbonyl (C=O) groups is 2. The second-order valence-electron chi connectivity index (χ2n) is 5.12. The van der Waals surface area contributed by atoms with Crippen molar-refractivity contribution in [3.05, 3.63) is 35.6 Å². The van der Waals surface area contributed by atoms with Crippen LogP contribution in [0.3, 0.4) is 0 Å². The van der Waals surface area contributed by atoms with Gasteiger partial charge in [0.25, 0.3) is 0 Å². The third-order valence-corrected chi connectivity index (χ3v) is 3.55. The van der Waals surface area contributed by atoms with E-state index in [4.69, 9.17) is 0 Å². The van der Waals surface area contributed by atoms with Gasteiger partial charge in [-0.1, -0.05) is 18.2 Å². The first kappa shape index (κ1) is 14.5. The van der Waals surface area contributed by atoms with Gasteiger partial charge in [0, 0.05) is 26.1 Å². The maximum Gasteiger partial charge on any atom is 0.227 e. The second kappa shape index (κ2) is 6.50. The lowest BCUT2D eigenvalue weighted by Crippen LogP contribution is -2.46. The lowest BCUT2D eigenvalue weighted by Gasteiger charge is -2.32. The molecule has 5 heteroatoms. The Bertz CT molecular complexity index is 496. The molecule has 0 aliphatic carbocycles. The van der Waals surface area contributed by atoms with Crippen LogP contribution in [0.15, 0.2) is 24.3 Å². The van der Waals surface area contributed by atoms with Crippen molar-refractivity contribution in [2.75, 3.05) is 13.1 Å². The average molecular weight is 278 g/mol. The van der Waals surface area contributed by atoms with Gasteiger partial charge in [0.15, 0.2) is 0 Å². The summed E-state index contributed by atoms with van der Waals surface area (Å²) in [6, 6.07) is 6.49.